The van der Waals surface area contributed by atoms with Gasteiger partial charge in [0.25, 0.3) is 0 Å². The van der Waals surface area contributed by atoms with Crippen LogP contribution in [0.25, 0.3) is 0 Å². The van der Waals surface area contributed by atoms with E-state index in [1.807, 2.05) is 0 Å². The minimum atomic E-state index is -2.76. The van der Waals surface area contributed by atoms with E-state index in [2.05, 4.69) is 39.6 Å². The summed E-state index contributed by atoms with van der Waals surface area (Å²) in [6.45, 7) is 3.03. The summed E-state index contributed by atoms with van der Waals surface area (Å²) in [7, 11) is -2.76. The summed E-state index contributed by atoms with van der Waals surface area (Å²) < 4.78 is 24.2. The summed E-state index contributed by atoms with van der Waals surface area (Å²) in [6.07, 6.45) is 2.78. The third kappa shape index (κ3) is 4.85. The molecule has 2 atom stereocenters. The topological polar surface area (TPSA) is 46.2 Å². The Bertz CT molecular complexity index is 512. The molecule has 2 rings (SSSR count). The predicted molar refractivity (Wildman–Crippen MR) is 84.6 cm³/mol. The SMILES string of the molecule is CCNC(Cc1cc(Br)cs1)CC1CCS(=O)(=O)C1. The first-order chi connectivity index (χ1) is 8.98. The average molecular weight is 366 g/mol. The van der Waals surface area contributed by atoms with Crippen molar-refractivity contribution in [1.29, 1.82) is 0 Å². The van der Waals surface area contributed by atoms with E-state index in [1.54, 1.807) is 11.3 Å². The molecule has 0 amide bonds. The van der Waals surface area contributed by atoms with Gasteiger partial charge in [0.2, 0.25) is 0 Å². The number of nitrogens with one attached hydrogen (secondary N) is 1. The summed E-state index contributed by atoms with van der Waals surface area (Å²) in [5.74, 6) is 1.09. The molecule has 1 N–H and O–H groups in total. The van der Waals surface area contributed by atoms with Crippen molar-refractivity contribution in [3.8, 4) is 0 Å². The van der Waals surface area contributed by atoms with Crippen molar-refractivity contribution < 1.29 is 8.42 Å². The molecule has 0 bridgehead atoms. The molecule has 2 heterocycles. The molecule has 1 fully saturated rings. The Balaban J connectivity index is 1.93. The van der Waals surface area contributed by atoms with Gasteiger partial charge in [0.05, 0.1) is 11.5 Å². The molecular formula is C13H20BrNO2S2. The predicted octanol–water partition coefficient (Wildman–Crippen LogP) is 2.86. The Morgan fingerprint density at radius 3 is 2.89 bits per heavy atom. The standard InChI is InChI=1S/C13H20BrNO2S2/c1-2-15-12(7-13-6-11(14)8-18-13)5-10-3-4-19(16,17)9-10/h6,8,10,12,15H,2-5,7,9H2,1H3. The van der Waals surface area contributed by atoms with E-state index in [-0.39, 0.29) is 0 Å². The van der Waals surface area contributed by atoms with Gasteiger partial charge in [-0.1, -0.05) is 6.92 Å². The Hall–Kier alpha value is 0.0900. The van der Waals surface area contributed by atoms with Crippen LogP contribution in [0.5, 0.6) is 0 Å². The van der Waals surface area contributed by atoms with Gasteiger partial charge in [-0.3, -0.25) is 0 Å². The number of sulfone groups is 1. The van der Waals surface area contributed by atoms with Crippen LogP contribution >= 0.6 is 27.3 Å². The zero-order chi connectivity index (χ0) is 13.9. The lowest BCUT2D eigenvalue weighted by atomic mass is 9.97. The normalized spacial score (nSPS) is 23.6. The van der Waals surface area contributed by atoms with Crippen molar-refractivity contribution in [2.75, 3.05) is 18.1 Å². The van der Waals surface area contributed by atoms with Gasteiger partial charge in [0.1, 0.15) is 0 Å². The molecule has 0 radical (unpaired) electrons. The fourth-order valence-electron chi connectivity index (χ4n) is 2.69. The largest absolute Gasteiger partial charge is 0.314 e. The second-order valence-electron chi connectivity index (χ2n) is 5.19. The highest BCUT2D eigenvalue weighted by atomic mass is 79.9. The van der Waals surface area contributed by atoms with Gasteiger partial charge in [-0.25, -0.2) is 8.42 Å². The Morgan fingerprint density at radius 2 is 2.37 bits per heavy atom. The minimum absolute atomic E-state index is 0.331. The van der Waals surface area contributed by atoms with E-state index < -0.39 is 9.84 Å². The average Bonchev–Trinajstić information content (AvgIpc) is 2.85. The van der Waals surface area contributed by atoms with Crippen molar-refractivity contribution in [3.05, 3.63) is 20.8 Å². The molecule has 0 saturated carbocycles. The van der Waals surface area contributed by atoms with Crippen molar-refractivity contribution >= 4 is 37.1 Å². The van der Waals surface area contributed by atoms with Crippen LogP contribution in [0.4, 0.5) is 0 Å². The number of hydrogen-bond donors (Lipinski definition) is 1. The zero-order valence-corrected chi connectivity index (χ0v) is 14.3. The van der Waals surface area contributed by atoms with Crippen molar-refractivity contribution in [1.82, 2.24) is 5.32 Å². The van der Waals surface area contributed by atoms with Crippen LogP contribution in [-0.2, 0) is 16.3 Å². The third-order valence-electron chi connectivity index (χ3n) is 3.51. The number of hydrogen-bond acceptors (Lipinski definition) is 4. The van der Waals surface area contributed by atoms with E-state index >= 15 is 0 Å². The van der Waals surface area contributed by atoms with Gasteiger partial charge < -0.3 is 5.32 Å². The molecule has 19 heavy (non-hydrogen) atoms. The second kappa shape index (κ2) is 6.70. The van der Waals surface area contributed by atoms with Gasteiger partial charge >= 0.3 is 0 Å². The summed E-state index contributed by atoms with van der Waals surface area (Å²) in [6, 6.07) is 2.54. The molecule has 1 aromatic heterocycles. The van der Waals surface area contributed by atoms with Crippen molar-refractivity contribution in [3.63, 3.8) is 0 Å². The molecule has 2 unspecified atom stereocenters. The third-order valence-corrected chi connectivity index (χ3v) is 7.06. The lowest BCUT2D eigenvalue weighted by Crippen LogP contribution is -2.33. The van der Waals surface area contributed by atoms with E-state index in [1.165, 1.54) is 4.88 Å². The summed E-state index contributed by atoms with van der Waals surface area (Å²) >= 11 is 5.23. The number of rotatable bonds is 6. The van der Waals surface area contributed by atoms with Gasteiger partial charge in [0, 0.05) is 20.8 Å². The van der Waals surface area contributed by atoms with Crippen LogP contribution in [0.2, 0.25) is 0 Å². The maximum absolute atomic E-state index is 11.5. The van der Waals surface area contributed by atoms with Crippen molar-refractivity contribution in [2.45, 2.75) is 32.2 Å². The Kier molecular flexibility index (Phi) is 5.45. The molecule has 3 nitrogen and oxygen atoms in total. The number of halogens is 1. The van der Waals surface area contributed by atoms with E-state index in [9.17, 15) is 8.42 Å². The first-order valence-corrected chi connectivity index (χ1v) is 10.1. The molecule has 1 aliphatic heterocycles. The van der Waals surface area contributed by atoms with Gasteiger partial charge in [-0.05, 0) is 53.7 Å². The van der Waals surface area contributed by atoms with Crippen LogP contribution in [0, 0.1) is 5.92 Å². The lowest BCUT2D eigenvalue weighted by Gasteiger charge is -2.20. The Labute approximate surface area is 127 Å². The molecule has 1 aromatic rings. The zero-order valence-electron chi connectivity index (χ0n) is 11.1. The first kappa shape index (κ1) is 15.5. The Morgan fingerprint density at radius 1 is 1.58 bits per heavy atom. The monoisotopic (exact) mass is 365 g/mol. The maximum Gasteiger partial charge on any atom is 0.150 e. The highest BCUT2D eigenvalue weighted by molar-refractivity contribution is 9.10. The molecule has 0 aromatic carbocycles. The van der Waals surface area contributed by atoms with Crippen LogP contribution in [0.1, 0.15) is 24.6 Å². The van der Waals surface area contributed by atoms with Crippen LogP contribution in [-0.4, -0.2) is 32.5 Å². The lowest BCUT2D eigenvalue weighted by molar-refractivity contribution is 0.411. The molecule has 6 heteroatoms. The van der Waals surface area contributed by atoms with Crippen LogP contribution in [0.15, 0.2) is 15.9 Å². The maximum atomic E-state index is 11.5. The molecular weight excluding hydrogens is 346 g/mol. The fraction of sp³-hybridized carbons (Fsp3) is 0.692. The molecule has 108 valence electrons. The summed E-state index contributed by atoms with van der Waals surface area (Å²) in [5.41, 5.74) is 0. The summed E-state index contributed by atoms with van der Waals surface area (Å²) in [4.78, 5) is 1.35. The molecule has 0 spiro atoms. The fourth-order valence-corrected chi connectivity index (χ4v) is 6.10. The first-order valence-electron chi connectivity index (χ1n) is 6.65. The van der Waals surface area contributed by atoms with E-state index in [0.717, 1.165) is 30.3 Å². The van der Waals surface area contributed by atoms with E-state index in [4.69, 9.17) is 0 Å². The number of thiophene rings is 1. The molecule has 1 saturated heterocycles. The highest BCUT2D eigenvalue weighted by Crippen LogP contribution is 2.26. The smallest absolute Gasteiger partial charge is 0.150 e. The molecule has 1 aliphatic rings. The van der Waals surface area contributed by atoms with E-state index in [0.29, 0.717) is 23.5 Å². The minimum Gasteiger partial charge on any atom is -0.314 e. The van der Waals surface area contributed by atoms with Gasteiger partial charge in [0.15, 0.2) is 9.84 Å². The number of likely N-dealkylation sites (N-methyl/N-ethyl adjacent to an activating group) is 1. The van der Waals surface area contributed by atoms with Crippen LogP contribution in [0.3, 0.4) is 0 Å². The second-order valence-corrected chi connectivity index (χ2v) is 9.33. The highest BCUT2D eigenvalue weighted by Gasteiger charge is 2.29. The summed E-state index contributed by atoms with van der Waals surface area (Å²) in [5, 5.41) is 5.59. The van der Waals surface area contributed by atoms with Gasteiger partial charge in [-0.2, -0.15) is 0 Å². The van der Waals surface area contributed by atoms with Crippen LogP contribution < -0.4 is 5.32 Å². The van der Waals surface area contributed by atoms with Crippen molar-refractivity contribution in [2.24, 2.45) is 5.92 Å². The molecule has 0 aliphatic carbocycles. The van der Waals surface area contributed by atoms with Gasteiger partial charge in [-0.15, -0.1) is 11.3 Å². The quantitative estimate of drug-likeness (QED) is 0.842.